The van der Waals surface area contributed by atoms with Crippen LogP contribution in [0.15, 0.2) is 23.1 Å². The number of nitrogens with one attached hydrogen (secondary N) is 2. The van der Waals surface area contributed by atoms with Crippen molar-refractivity contribution in [2.45, 2.75) is 40.2 Å². The molecule has 116 valence electrons. The molecule has 0 atom stereocenters. The average molecular weight is 293 g/mol. The summed E-state index contributed by atoms with van der Waals surface area (Å²) < 4.78 is 1.29. The zero-order valence-corrected chi connectivity index (χ0v) is 12.8. The highest BCUT2D eigenvalue weighted by molar-refractivity contribution is 5.88. The Morgan fingerprint density at radius 2 is 1.95 bits per heavy atom. The highest BCUT2D eigenvalue weighted by Gasteiger charge is 2.10. The van der Waals surface area contributed by atoms with Crippen LogP contribution in [0, 0.1) is 5.92 Å². The van der Waals surface area contributed by atoms with Crippen molar-refractivity contribution in [1.82, 2.24) is 9.88 Å². The van der Waals surface area contributed by atoms with E-state index >= 15 is 0 Å². The van der Waals surface area contributed by atoms with Crippen LogP contribution in [0.1, 0.15) is 33.6 Å². The van der Waals surface area contributed by atoms with Gasteiger partial charge in [-0.15, -0.1) is 0 Å². The molecule has 0 bridgehead atoms. The number of aromatic nitrogens is 1. The van der Waals surface area contributed by atoms with Gasteiger partial charge in [0.05, 0.1) is 0 Å². The first-order valence-electron chi connectivity index (χ1n) is 7.21. The van der Waals surface area contributed by atoms with Gasteiger partial charge in [0, 0.05) is 19.7 Å². The number of nitrogens with zero attached hydrogens (tertiary/aromatic N) is 1. The third kappa shape index (κ3) is 5.41. The van der Waals surface area contributed by atoms with Crippen molar-refractivity contribution in [1.29, 1.82) is 0 Å². The molecular formula is C15H23N3O3. The Balaban J connectivity index is 2.68. The number of hydrogen-bond acceptors (Lipinski definition) is 3. The largest absolute Gasteiger partial charge is 0.354 e. The molecule has 0 aliphatic heterocycles. The predicted octanol–water partition coefficient (Wildman–Crippen LogP) is 1.36. The van der Waals surface area contributed by atoms with E-state index in [4.69, 9.17) is 0 Å². The smallest absolute Gasteiger partial charge is 0.274 e. The van der Waals surface area contributed by atoms with Crippen LogP contribution in [-0.4, -0.2) is 22.9 Å². The molecule has 1 heterocycles. The van der Waals surface area contributed by atoms with Gasteiger partial charge in [-0.3, -0.25) is 14.4 Å². The first-order valence-corrected chi connectivity index (χ1v) is 7.21. The number of pyridine rings is 1. The molecule has 0 radical (unpaired) electrons. The van der Waals surface area contributed by atoms with Gasteiger partial charge in [0.25, 0.3) is 5.56 Å². The lowest BCUT2D eigenvalue weighted by Crippen LogP contribution is -2.35. The summed E-state index contributed by atoms with van der Waals surface area (Å²) in [5, 5.41) is 5.29. The predicted molar refractivity (Wildman–Crippen MR) is 82.1 cm³/mol. The molecule has 6 nitrogen and oxygen atoms in total. The van der Waals surface area contributed by atoms with Crippen molar-refractivity contribution in [2.75, 3.05) is 11.9 Å². The molecular weight excluding hydrogens is 270 g/mol. The van der Waals surface area contributed by atoms with E-state index in [0.29, 0.717) is 12.5 Å². The fourth-order valence-electron chi connectivity index (χ4n) is 1.99. The van der Waals surface area contributed by atoms with Gasteiger partial charge < -0.3 is 15.2 Å². The van der Waals surface area contributed by atoms with Crippen LogP contribution < -0.4 is 16.2 Å². The van der Waals surface area contributed by atoms with Gasteiger partial charge >= 0.3 is 0 Å². The quantitative estimate of drug-likeness (QED) is 0.796. The van der Waals surface area contributed by atoms with Crippen LogP contribution in [0.25, 0.3) is 0 Å². The lowest BCUT2D eigenvalue weighted by atomic mass is 10.0. The molecule has 6 heteroatoms. The topological polar surface area (TPSA) is 80.2 Å². The molecule has 0 aliphatic carbocycles. The number of amides is 2. The number of anilines is 1. The van der Waals surface area contributed by atoms with Crippen molar-refractivity contribution in [2.24, 2.45) is 5.92 Å². The second-order valence-corrected chi connectivity index (χ2v) is 5.02. The van der Waals surface area contributed by atoms with Gasteiger partial charge in [0.2, 0.25) is 11.8 Å². The van der Waals surface area contributed by atoms with Crippen LogP contribution in [-0.2, 0) is 16.1 Å². The highest BCUT2D eigenvalue weighted by Crippen LogP contribution is 2.05. The van der Waals surface area contributed by atoms with E-state index in [0.717, 1.165) is 12.8 Å². The standard InChI is InChI=1S/C15H23N3O3/c1-4-12(5-2)9-16-14(20)10-18-8-6-7-13(15(18)21)17-11(3)19/h6-8,12H,4-5,9-10H2,1-3H3,(H,16,20)(H,17,19). The summed E-state index contributed by atoms with van der Waals surface area (Å²) in [5.74, 6) is -0.0663. The lowest BCUT2D eigenvalue weighted by molar-refractivity contribution is -0.121. The fourth-order valence-corrected chi connectivity index (χ4v) is 1.99. The van der Waals surface area contributed by atoms with Crippen molar-refractivity contribution < 1.29 is 9.59 Å². The van der Waals surface area contributed by atoms with Crippen LogP contribution in [0.2, 0.25) is 0 Å². The molecule has 1 aromatic rings. The van der Waals surface area contributed by atoms with E-state index in [9.17, 15) is 14.4 Å². The van der Waals surface area contributed by atoms with Crippen LogP contribution in [0.3, 0.4) is 0 Å². The van der Waals surface area contributed by atoms with Crippen LogP contribution in [0.4, 0.5) is 5.69 Å². The first-order chi connectivity index (χ1) is 9.97. The fraction of sp³-hybridized carbons (Fsp3) is 0.533. The average Bonchev–Trinajstić information content (AvgIpc) is 2.44. The molecule has 0 saturated carbocycles. The summed E-state index contributed by atoms with van der Waals surface area (Å²) in [5.41, 5.74) is -0.205. The third-order valence-corrected chi connectivity index (χ3v) is 3.39. The molecule has 0 spiro atoms. The summed E-state index contributed by atoms with van der Waals surface area (Å²) in [4.78, 5) is 34.9. The van der Waals surface area contributed by atoms with Gasteiger partial charge in [-0.2, -0.15) is 0 Å². The number of hydrogen-bond donors (Lipinski definition) is 2. The Labute approximate surface area is 124 Å². The molecule has 2 amide bonds. The summed E-state index contributed by atoms with van der Waals surface area (Å²) >= 11 is 0. The Kier molecular flexibility index (Phi) is 6.65. The SMILES string of the molecule is CCC(CC)CNC(=O)Cn1cccc(NC(C)=O)c1=O. The van der Waals surface area contributed by atoms with E-state index in [1.54, 1.807) is 6.07 Å². The van der Waals surface area contributed by atoms with Crippen molar-refractivity contribution in [3.05, 3.63) is 28.7 Å². The normalized spacial score (nSPS) is 10.5. The molecule has 21 heavy (non-hydrogen) atoms. The minimum absolute atomic E-state index is 0.0492. The monoisotopic (exact) mass is 293 g/mol. The molecule has 2 N–H and O–H groups in total. The van der Waals surface area contributed by atoms with Crippen LogP contribution in [0.5, 0.6) is 0 Å². The maximum atomic E-state index is 12.1. The molecule has 1 aromatic heterocycles. The molecule has 0 aromatic carbocycles. The minimum Gasteiger partial charge on any atom is -0.354 e. The Morgan fingerprint density at radius 1 is 1.29 bits per heavy atom. The summed E-state index contributed by atoms with van der Waals surface area (Å²) in [7, 11) is 0. The van der Waals surface area contributed by atoms with E-state index in [-0.39, 0.29) is 29.6 Å². The van der Waals surface area contributed by atoms with Crippen LogP contribution >= 0.6 is 0 Å². The zero-order chi connectivity index (χ0) is 15.8. The van der Waals surface area contributed by atoms with Crippen molar-refractivity contribution in [3.8, 4) is 0 Å². The van der Waals surface area contributed by atoms with Gasteiger partial charge in [-0.25, -0.2) is 0 Å². The lowest BCUT2D eigenvalue weighted by Gasteiger charge is -2.14. The van der Waals surface area contributed by atoms with E-state index in [2.05, 4.69) is 24.5 Å². The van der Waals surface area contributed by atoms with Gasteiger partial charge in [0.1, 0.15) is 12.2 Å². The van der Waals surface area contributed by atoms with E-state index in [1.807, 2.05) is 0 Å². The van der Waals surface area contributed by atoms with Crippen molar-refractivity contribution in [3.63, 3.8) is 0 Å². The van der Waals surface area contributed by atoms with Gasteiger partial charge in [-0.1, -0.05) is 26.7 Å². The number of rotatable bonds is 7. The molecule has 0 aliphatic rings. The summed E-state index contributed by atoms with van der Waals surface area (Å²) in [6.07, 6.45) is 3.55. The summed E-state index contributed by atoms with van der Waals surface area (Å²) in [6.45, 7) is 6.07. The van der Waals surface area contributed by atoms with E-state index in [1.165, 1.54) is 23.8 Å². The van der Waals surface area contributed by atoms with E-state index < -0.39 is 0 Å². The number of carbonyl (C=O) groups excluding carboxylic acids is 2. The maximum Gasteiger partial charge on any atom is 0.274 e. The Hall–Kier alpha value is -2.11. The molecule has 0 unspecified atom stereocenters. The van der Waals surface area contributed by atoms with Crippen molar-refractivity contribution >= 4 is 17.5 Å². The Bertz CT molecular complexity index is 547. The summed E-state index contributed by atoms with van der Waals surface area (Å²) in [6, 6.07) is 3.14. The minimum atomic E-state index is -0.384. The molecule has 0 saturated heterocycles. The molecule has 0 fully saturated rings. The zero-order valence-electron chi connectivity index (χ0n) is 12.8. The highest BCUT2D eigenvalue weighted by atomic mass is 16.2. The second-order valence-electron chi connectivity index (χ2n) is 5.02. The third-order valence-electron chi connectivity index (χ3n) is 3.39. The maximum absolute atomic E-state index is 12.1. The number of carbonyl (C=O) groups is 2. The Morgan fingerprint density at radius 3 is 2.52 bits per heavy atom. The first kappa shape index (κ1) is 16.9. The van der Waals surface area contributed by atoms with Gasteiger partial charge in [0.15, 0.2) is 0 Å². The van der Waals surface area contributed by atoms with Gasteiger partial charge in [-0.05, 0) is 18.1 Å². The second kappa shape index (κ2) is 8.24. The molecule has 1 rings (SSSR count).